The lowest BCUT2D eigenvalue weighted by Gasteiger charge is -2.34. The van der Waals surface area contributed by atoms with Gasteiger partial charge in [-0.2, -0.15) is 8.78 Å². The van der Waals surface area contributed by atoms with E-state index >= 15 is 0 Å². The number of halogens is 4. The van der Waals surface area contributed by atoms with Crippen molar-refractivity contribution in [2.75, 3.05) is 42.3 Å². The molecule has 8 heteroatoms. The average molecular weight is 373 g/mol. The maximum Gasteiger partial charge on any atom is 0.356 e. The van der Waals surface area contributed by atoms with E-state index in [0.29, 0.717) is 0 Å². The molecule has 0 aliphatic rings. The van der Waals surface area contributed by atoms with Crippen molar-refractivity contribution >= 4 is 40.2 Å². The fourth-order valence-corrected chi connectivity index (χ4v) is 3.22. The zero-order chi connectivity index (χ0) is 12.8. The third kappa shape index (κ3) is 15.1. The SMILES string of the molecule is CN(C)P(N(C)C)N(C)C.FC(F)(Br)Br. The van der Waals surface area contributed by atoms with E-state index in [2.05, 4.69) is 56.3 Å². The van der Waals surface area contributed by atoms with E-state index in [1.54, 1.807) is 0 Å². The summed E-state index contributed by atoms with van der Waals surface area (Å²) in [4.78, 5) is 0. The van der Waals surface area contributed by atoms with Gasteiger partial charge in [-0.15, -0.1) is 0 Å². The van der Waals surface area contributed by atoms with Crippen LogP contribution in [0.4, 0.5) is 8.78 Å². The van der Waals surface area contributed by atoms with Gasteiger partial charge in [0.25, 0.3) is 0 Å². The van der Waals surface area contributed by atoms with E-state index in [4.69, 9.17) is 0 Å². The molecule has 0 rings (SSSR count). The molecule has 0 heterocycles. The second-order valence-electron chi connectivity index (χ2n) is 3.24. The average Bonchev–Trinajstić information content (AvgIpc) is 1.77. The van der Waals surface area contributed by atoms with Gasteiger partial charge in [-0.1, -0.05) is 0 Å². The first kappa shape index (κ1) is 18.5. The minimum atomic E-state index is -2.88. The Hall–Kier alpha value is 1.13. The van der Waals surface area contributed by atoms with Crippen molar-refractivity contribution < 1.29 is 8.78 Å². The van der Waals surface area contributed by atoms with E-state index in [1.165, 1.54) is 0 Å². The lowest BCUT2D eigenvalue weighted by atomic mass is 11.2. The molecular formula is C7H18Br2F2N3P. The van der Waals surface area contributed by atoms with Gasteiger partial charge in [0.1, 0.15) is 8.37 Å². The Morgan fingerprint density at radius 2 is 0.933 bits per heavy atom. The number of rotatable bonds is 3. The third-order valence-corrected chi connectivity index (χ3v) is 3.22. The molecule has 15 heavy (non-hydrogen) atoms. The lowest BCUT2D eigenvalue weighted by molar-refractivity contribution is 0.229. The maximum absolute atomic E-state index is 10.9. The summed E-state index contributed by atoms with van der Waals surface area (Å²) < 4.78 is 25.5. The first-order valence-corrected chi connectivity index (χ1v) is 6.83. The molecule has 0 aromatic rings. The molecule has 0 atom stereocenters. The van der Waals surface area contributed by atoms with Crippen LogP contribution in [0.5, 0.6) is 0 Å². The molecule has 0 unspecified atom stereocenters. The molecule has 0 bridgehead atoms. The van der Waals surface area contributed by atoms with Crippen molar-refractivity contribution in [1.29, 1.82) is 0 Å². The number of nitrogens with zero attached hydrogens (tertiary/aromatic N) is 3. The van der Waals surface area contributed by atoms with Gasteiger partial charge in [-0.25, -0.2) is 0 Å². The van der Waals surface area contributed by atoms with Gasteiger partial charge in [-0.05, 0) is 42.3 Å². The van der Waals surface area contributed by atoms with Gasteiger partial charge in [-0.3, -0.25) is 14.0 Å². The van der Waals surface area contributed by atoms with Gasteiger partial charge in [0, 0.05) is 31.9 Å². The van der Waals surface area contributed by atoms with Gasteiger partial charge in [0.2, 0.25) is 0 Å². The van der Waals surface area contributed by atoms with Crippen LogP contribution < -0.4 is 0 Å². The van der Waals surface area contributed by atoms with Gasteiger partial charge in [0.15, 0.2) is 0 Å². The van der Waals surface area contributed by atoms with Crippen LogP contribution in [-0.2, 0) is 0 Å². The number of hydrogen-bond acceptors (Lipinski definition) is 3. The molecule has 0 aromatic heterocycles. The van der Waals surface area contributed by atoms with Crippen molar-refractivity contribution in [3.8, 4) is 0 Å². The molecule has 0 fully saturated rings. The molecule has 0 radical (unpaired) electrons. The smallest absolute Gasteiger partial charge is 0.264 e. The van der Waals surface area contributed by atoms with Crippen LogP contribution >= 0.6 is 40.2 Å². The molecule has 0 saturated carbocycles. The highest BCUT2D eigenvalue weighted by Gasteiger charge is 2.16. The Balaban J connectivity index is 0. The number of alkyl halides is 4. The molecule has 0 aliphatic heterocycles. The summed E-state index contributed by atoms with van der Waals surface area (Å²) in [5, 5.41) is 0. The van der Waals surface area contributed by atoms with Crippen molar-refractivity contribution in [1.82, 2.24) is 14.0 Å². The molecule has 0 N–H and O–H groups in total. The van der Waals surface area contributed by atoms with Gasteiger partial charge >= 0.3 is 3.74 Å². The Bertz CT molecular complexity index is 140. The molecular weight excluding hydrogens is 355 g/mol. The molecule has 0 aliphatic carbocycles. The summed E-state index contributed by atoms with van der Waals surface area (Å²) in [6.07, 6.45) is 0. The Labute approximate surface area is 109 Å². The molecule has 0 saturated heterocycles. The first-order chi connectivity index (χ1) is 6.46. The second-order valence-corrected chi connectivity index (χ2v) is 9.23. The van der Waals surface area contributed by atoms with E-state index in [1.807, 2.05) is 31.9 Å². The lowest BCUT2D eigenvalue weighted by Crippen LogP contribution is -2.25. The van der Waals surface area contributed by atoms with Crippen LogP contribution in [-0.4, -0.2) is 60.0 Å². The van der Waals surface area contributed by atoms with E-state index < -0.39 is 3.74 Å². The highest BCUT2D eigenvalue weighted by atomic mass is 79.9. The third-order valence-electron chi connectivity index (χ3n) is 1.07. The summed E-state index contributed by atoms with van der Waals surface area (Å²) in [5.74, 6) is 0. The van der Waals surface area contributed by atoms with E-state index in [-0.39, 0.29) is 8.37 Å². The molecule has 0 amide bonds. The van der Waals surface area contributed by atoms with E-state index in [9.17, 15) is 8.78 Å². The first-order valence-electron chi connectivity index (χ1n) is 4.04. The van der Waals surface area contributed by atoms with Crippen LogP contribution in [0, 0.1) is 0 Å². The van der Waals surface area contributed by atoms with Gasteiger partial charge in [0.05, 0.1) is 0 Å². The largest absolute Gasteiger partial charge is 0.356 e. The summed E-state index contributed by atoms with van der Waals surface area (Å²) in [6.45, 7) is 0. The second kappa shape index (κ2) is 8.25. The summed E-state index contributed by atoms with van der Waals surface area (Å²) in [7, 11) is 12.4. The normalized spacial score (nSPS) is 12.4. The molecule has 3 nitrogen and oxygen atoms in total. The van der Waals surface area contributed by atoms with E-state index in [0.717, 1.165) is 0 Å². The zero-order valence-electron chi connectivity index (χ0n) is 9.80. The van der Waals surface area contributed by atoms with Crippen molar-refractivity contribution in [3.05, 3.63) is 0 Å². The van der Waals surface area contributed by atoms with Crippen molar-refractivity contribution in [2.45, 2.75) is 3.74 Å². The maximum atomic E-state index is 10.9. The predicted molar refractivity (Wildman–Crippen MR) is 70.8 cm³/mol. The fraction of sp³-hybridized carbons (Fsp3) is 1.00. The standard InChI is InChI=1S/C6H18N3P.CBr2F2/c1-7(2)10(8(3)4)9(5)6;2-1(3,4)5/h1-6H3;. The fourth-order valence-electron chi connectivity index (χ4n) is 1.07. The topological polar surface area (TPSA) is 9.72 Å². The van der Waals surface area contributed by atoms with Crippen LogP contribution in [0.15, 0.2) is 0 Å². The minimum absolute atomic E-state index is 0.238. The monoisotopic (exact) mass is 371 g/mol. The molecule has 0 aromatic carbocycles. The molecule has 94 valence electrons. The Kier molecular flexibility index (Phi) is 10.2. The van der Waals surface area contributed by atoms with Crippen LogP contribution in [0.25, 0.3) is 0 Å². The van der Waals surface area contributed by atoms with Crippen LogP contribution in [0.3, 0.4) is 0 Å². The van der Waals surface area contributed by atoms with Crippen molar-refractivity contribution in [3.63, 3.8) is 0 Å². The summed E-state index contributed by atoms with van der Waals surface area (Å²) in [5.41, 5.74) is 0. The highest BCUT2D eigenvalue weighted by Crippen LogP contribution is 2.40. The van der Waals surface area contributed by atoms with Crippen LogP contribution in [0.1, 0.15) is 0 Å². The Morgan fingerprint density at radius 3 is 0.933 bits per heavy atom. The zero-order valence-corrected chi connectivity index (χ0v) is 13.9. The molecule has 0 spiro atoms. The highest BCUT2D eigenvalue weighted by molar-refractivity contribution is 9.25. The van der Waals surface area contributed by atoms with Crippen molar-refractivity contribution in [2.24, 2.45) is 0 Å². The van der Waals surface area contributed by atoms with Crippen LogP contribution in [0.2, 0.25) is 0 Å². The minimum Gasteiger partial charge on any atom is -0.264 e. The predicted octanol–water partition coefficient (Wildman–Crippen LogP) is 3.22. The summed E-state index contributed by atoms with van der Waals surface area (Å²) in [6, 6.07) is 0. The van der Waals surface area contributed by atoms with Gasteiger partial charge < -0.3 is 0 Å². The quantitative estimate of drug-likeness (QED) is 0.556. The number of hydrogen-bond donors (Lipinski definition) is 0. The summed E-state index contributed by atoms with van der Waals surface area (Å²) >= 11 is 3.92. The Morgan fingerprint density at radius 1 is 0.800 bits per heavy atom.